The topological polar surface area (TPSA) is 95.7 Å². The Morgan fingerprint density at radius 1 is 1.04 bits per heavy atom. The molecule has 2 aromatic rings. The highest BCUT2D eigenvalue weighted by Crippen LogP contribution is 2.18. The maximum absolute atomic E-state index is 12.6. The van der Waals surface area contributed by atoms with Crippen LogP contribution >= 0.6 is 0 Å². The van der Waals surface area contributed by atoms with Crippen LogP contribution in [0.2, 0.25) is 0 Å². The zero-order chi connectivity index (χ0) is 18.4. The molecule has 0 bridgehead atoms. The average molecular weight is 357 g/mol. The minimum absolute atomic E-state index is 0.139. The molecule has 0 radical (unpaired) electrons. The Kier molecular flexibility index (Phi) is 5.90. The van der Waals surface area contributed by atoms with Gasteiger partial charge in [-0.2, -0.15) is 5.53 Å². The Morgan fingerprint density at radius 2 is 1.81 bits per heavy atom. The van der Waals surface area contributed by atoms with Crippen molar-refractivity contribution in [1.29, 1.82) is 0 Å². The van der Waals surface area contributed by atoms with Gasteiger partial charge in [-0.1, -0.05) is 18.2 Å². The van der Waals surface area contributed by atoms with Crippen LogP contribution in [0.3, 0.4) is 0 Å². The van der Waals surface area contributed by atoms with Gasteiger partial charge in [-0.25, -0.2) is 10.9 Å². The fourth-order valence-corrected chi connectivity index (χ4v) is 2.71. The number of hydrogen-bond acceptors (Lipinski definition) is 7. The summed E-state index contributed by atoms with van der Waals surface area (Å²) in [4.78, 5) is 12.6. The SMILES string of the molecule is COc1ccc(NC2NNNC2C(=O)NCc2ccccc2OC)cc1. The largest absolute Gasteiger partial charge is 0.497 e. The number of carbonyl (C=O) groups is 1. The lowest BCUT2D eigenvalue weighted by Gasteiger charge is -2.20. The number of amides is 1. The Balaban J connectivity index is 1.59. The third-order valence-electron chi connectivity index (χ3n) is 4.13. The molecular weight excluding hydrogens is 334 g/mol. The van der Waals surface area contributed by atoms with Gasteiger partial charge in [0.1, 0.15) is 23.7 Å². The van der Waals surface area contributed by atoms with Crippen molar-refractivity contribution in [2.24, 2.45) is 0 Å². The van der Waals surface area contributed by atoms with Crippen LogP contribution in [0.1, 0.15) is 5.56 Å². The number of benzene rings is 2. The summed E-state index contributed by atoms with van der Waals surface area (Å²) in [6, 6.07) is 14.6. The second-order valence-corrected chi connectivity index (χ2v) is 5.77. The second kappa shape index (κ2) is 8.52. The van der Waals surface area contributed by atoms with E-state index in [-0.39, 0.29) is 12.1 Å². The van der Waals surface area contributed by atoms with Crippen LogP contribution in [0.25, 0.3) is 0 Å². The zero-order valence-corrected chi connectivity index (χ0v) is 14.7. The van der Waals surface area contributed by atoms with Crippen molar-refractivity contribution in [3.63, 3.8) is 0 Å². The molecular formula is C18H23N5O3. The maximum Gasteiger partial charge on any atom is 0.242 e. The summed E-state index contributed by atoms with van der Waals surface area (Å²) in [6.45, 7) is 0.385. The molecule has 5 N–H and O–H groups in total. The highest BCUT2D eigenvalue weighted by molar-refractivity contribution is 5.83. The van der Waals surface area contributed by atoms with Crippen molar-refractivity contribution in [2.75, 3.05) is 19.5 Å². The summed E-state index contributed by atoms with van der Waals surface area (Å²) in [5, 5.41) is 6.19. The van der Waals surface area contributed by atoms with Gasteiger partial charge in [0.2, 0.25) is 5.91 Å². The van der Waals surface area contributed by atoms with Crippen molar-refractivity contribution in [3.8, 4) is 11.5 Å². The van der Waals surface area contributed by atoms with E-state index in [0.29, 0.717) is 6.54 Å². The lowest BCUT2D eigenvalue weighted by atomic mass is 10.1. The number of methoxy groups -OCH3 is 2. The van der Waals surface area contributed by atoms with E-state index < -0.39 is 6.04 Å². The van der Waals surface area contributed by atoms with Crippen molar-refractivity contribution < 1.29 is 14.3 Å². The first-order valence-corrected chi connectivity index (χ1v) is 8.27. The van der Waals surface area contributed by atoms with Crippen molar-refractivity contribution in [1.82, 2.24) is 21.7 Å². The van der Waals surface area contributed by atoms with E-state index in [0.717, 1.165) is 22.7 Å². The summed E-state index contributed by atoms with van der Waals surface area (Å²) < 4.78 is 10.5. The molecule has 0 aromatic heterocycles. The first-order chi connectivity index (χ1) is 12.7. The van der Waals surface area contributed by atoms with Gasteiger partial charge in [0.15, 0.2) is 0 Å². The summed E-state index contributed by atoms with van der Waals surface area (Å²) in [5.74, 6) is 1.38. The molecule has 8 heteroatoms. The van der Waals surface area contributed by atoms with Gasteiger partial charge in [-0.15, -0.1) is 0 Å². The molecule has 1 amide bonds. The summed E-state index contributed by atoms with van der Waals surface area (Å²) in [7, 11) is 3.23. The number of carbonyl (C=O) groups excluding carboxylic acids is 1. The van der Waals surface area contributed by atoms with E-state index in [1.165, 1.54) is 0 Å². The number of hydrogen-bond donors (Lipinski definition) is 5. The van der Waals surface area contributed by atoms with Gasteiger partial charge < -0.3 is 20.1 Å². The van der Waals surface area contributed by atoms with Crippen LogP contribution in [0.15, 0.2) is 48.5 Å². The van der Waals surface area contributed by atoms with Gasteiger partial charge in [-0.05, 0) is 30.3 Å². The van der Waals surface area contributed by atoms with E-state index in [1.807, 2.05) is 48.5 Å². The minimum Gasteiger partial charge on any atom is -0.497 e. The van der Waals surface area contributed by atoms with Crippen molar-refractivity contribution in [3.05, 3.63) is 54.1 Å². The Labute approximate surface area is 152 Å². The fraction of sp³-hybridized carbons (Fsp3) is 0.278. The Morgan fingerprint density at radius 3 is 2.54 bits per heavy atom. The number of para-hydroxylation sites is 1. The van der Waals surface area contributed by atoms with Gasteiger partial charge in [0, 0.05) is 17.8 Å². The van der Waals surface area contributed by atoms with E-state index in [1.54, 1.807) is 14.2 Å². The molecule has 8 nitrogen and oxygen atoms in total. The highest BCUT2D eigenvalue weighted by atomic mass is 16.5. The van der Waals surface area contributed by atoms with E-state index in [2.05, 4.69) is 27.0 Å². The average Bonchev–Trinajstić information content (AvgIpc) is 3.15. The first-order valence-electron chi connectivity index (χ1n) is 8.27. The minimum atomic E-state index is -0.494. The van der Waals surface area contributed by atoms with Gasteiger partial charge >= 0.3 is 0 Å². The predicted octanol–water partition coefficient (Wildman–Crippen LogP) is 0.739. The molecule has 2 atom stereocenters. The van der Waals surface area contributed by atoms with Gasteiger partial charge in [0.25, 0.3) is 0 Å². The van der Waals surface area contributed by atoms with E-state index in [9.17, 15) is 4.79 Å². The van der Waals surface area contributed by atoms with E-state index in [4.69, 9.17) is 9.47 Å². The molecule has 1 heterocycles. The molecule has 2 unspecified atom stereocenters. The quantitative estimate of drug-likeness (QED) is 0.499. The Hall–Kier alpha value is -2.81. The van der Waals surface area contributed by atoms with Crippen LogP contribution in [0, 0.1) is 0 Å². The molecule has 2 aromatic carbocycles. The lowest BCUT2D eigenvalue weighted by molar-refractivity contribution is -0.123. The summed E-state index contributed by atoms with van der Waals surface area (Å²) in [6.07, 6.45) is -0.318. The molecule has 0 saturated carbocycles. The number of ether oxygens (including phenoxy) is 2. The van der Waals surface area contributed by atoms with Gasteiger partial charge in [0.05, 0.1) is 14.2 Å². The van der Waals surface area contributed by atoms with Crippen LogP contribution in [-0.4, -0.2) is 32.3 Å². The highest BCUT2D eigenvalue weighted by Gasteiger charge is 2.32. The number of anilines is 1. The molecule has 1 fully saturated rings. The molecule has 3 rings (SSSR count). The third-order valence-corrected chi connectivity index (χ3v) is 4.13. The normalized spacial score (nSPS) is 19.0. The lowest BCUT2D eigenvalue weighted by Crippen LogP contribution is -2.50. The number of rotatable bonds is 7. The number of hydrazine groups is 2. The van der Waals surface area contributed by atoms with Crippen LogP contribution in [0.4, 0.5) is 5.69 Å². The second-order valence-electron chi connectivity index (χ2n) is 5.77. The van der Waals surface area contributed by atoms with Crippen LogP contribution in [-0.2, 0) is 11.3 Å². The molecule has 26 heavy (non-hydrogen) atoms. The first kappa shape index (κ1) is 18.0. The zero-order valence-electron chi connectivity index (χ0n) is 14.7. The maximum atomic E-state index is 12.6. The summed E-state index contributed by atoms with van der Waals surface area (Å²) >= 11 is 0. The standard InChI is InChI=1S/C18H23N5O3/c1-25-14-9-7-13(8-10-14)20-17-16(21-23-22-17)18(24)19-11-12-5-3-4-6-15(12)26-2/h3-10,16-17,20-23H,11H2,1-2H3,(H,19,24). The Bertz CT molecular complexity index is 738. The smallest absolute Gasteiger partial charge is 0.242 e. The van der Waals surface area contributed by atoms with Crippen molar-refractivity contribution in [2.45, 2.75) is 18.8 Å². The number of nitrogens with one attached hydrogen (secondary N) is 5. The molecule has 0 aliphatic carbocycles. The predicted molar refractivity (Wildman–Crippen MR) is 98.4 cm³/mol. The van der Waals surface area contributed by atoms with Crippen molar-refractivity contribution >= 4 is 11.6 Å². The molecule has 138 valence electrons. The summed E-state index contributed by atoms with van der Waals surface area (Å²) in [5.41, 5.74) is 10.5. The molecule has 1 aliphatic heterocycles. The van der Waals surface area contributed by atoms with Crippen LogP contribution in [0.5, 0.6) is 11.5 Å². The molecule has 0 spiro atoms. The fourth-order valence-electron chi connectivity index (χ4n) is 2.71. The van der Waals surface area contributed by atoms with Gasteiger partial charge in [-0.3, -0.25) is 4.79 Å². The molecule has 1 saturated heterocycles. The van der Waals surface area contributed by atoms with Crippen LogP contribution < -0.4 is 36.5 Å². The van der Waals surface area contributed by atoms with E-state index >= 15 is 0 Å². The monoisotopic (exact) mass is 357 g/mol. The third kappa shape index (κ3) is 4.23. The molecule has 1 aliphatic rings.